The maximum atomic E-state index is 10.8. The largest absolute Gasteiger partial charge is 0.481 e. The molecule has 0 amide bonds. The molecule has 2 aromatic rings. The van der Waals surface area contributed by atoms with E-state index in [0.29, 0.717) is 17.4 Å². The van der Waals surface area contributed by atoms with Crippen LogP contribution in [-0.2, 0) is 4.79 Å². The molecule has 0 saturated carbocycles. The van der Waals surface area contributed by atoms with E-state index in [1.54, 1.807) is 0 Å². The Morgan fingerprint density at radius 3 is 3.00 bits per heavy atom. The number of hydrogen-bond acceptors (Lipinski definition) is 3. The van der Waals surface area contributed by atoms with Gasteiger partial charge in [0.2, 0.25) is 0 Å². The summed E-state index contributed by atoms with van der Waals surface area (Å²) >= 11 is 6.12. The van der Waals surface area contributed by atoms with Gasteiger partial charge in [-0.25, -0.2) is 4.98 Å². The van der Waals surface area contributed by atoms with E-state index in [1.165, 1.54) is 5.57 Å². The van der Waals surface area contributed by atoms with Crippen LogP contribution in [0.15, 0.2) is 36.4 Å². The van der Waals surface area contributed by atoms with Crippen molar-refractivity contribution in [2.75, 3.05) is 5.73 Å². The van der Waals surface area contributed by atoms with Crippen LogP contribution < -0.4 is 5.73 Å². The lowest BCUT2D eigenvalue weighted by molar-refractivity contribution is -0.137. The first-order chi connectivity index (χ1) is 12.4. The Balaban J connectivity index is 1.73. The summed E-state index contributed by atoms with van der Waals surface area (Å²) in [6.07, 6.45) is 5.88. The molecule has 1 aromatic heterocycles. The predicted octanol–water partition coefficient (Wildman–Crippen LogP) is 5.17. The van der Waals surface area contributed by atoms with Crippen LogP contribution in [0.25, 0.3) is 16.5 Å². The highest BCUT2D eigenvalue weighted by atomic mass is 35.5. The molecule has 0 saturated heterocycles. The Morgan fingerprint density at radius 2 is 2.23 bits per heavy atom. The van der Waals surface area contributed by atoms with Crippen LogP contribution in [-0.4, -0.2) is 16.1 Å². The zero-order valence-electron chi connectivity index (χ0n) is 14.5. The number of carbonyl (C=O) groups is 1. The second-order valence-electron chi connectivity index (χ2n) is 7.29. The van der Waals surface area contributed by atoms with Gasteiger partial charge in [-0.1, -0.05) is 29.8 Å². The van der Waals surface area contributed by atoms with E-state index in [1.807, 2.05) is 18.2 Å². The van der Waals surface area contributed by atoms with Crippen molar-refractivity contribution < 1.29 is 9.90 Å². The molecule has 5 heteroatoms. The number of allylic oxidation sites excluding steroid dienone is 3. The lowest BCUT2D eigenvalue weighted by Gasteiger charge is -2.37. The van der Waals surface area contributed by atoms with E-state index >= 15 is 0 Å². The molecule has 1 heterocycles. The molecule has 3 N–H and O–H groups in total. The number of hydrogen-bond donors (Lipinski definition) is 2. The summed E-state index contributed by atoms with van der Waals surface area (Å²) in [4.78, 5) is 15.6. The third-order valence-electron chi connectivity index (χ3n) is 5.56. The van der Waals surface area contributed by atoms with Gasteiger partial charge in [-0.2, -0.15) is 0 Å². The number of pyridine rings is 1. The highest BCUT2D eigenvalue weighted by molar-refractivity contribution is 6.31. The Morgan fingerprint density at radius 1 is 1.42 bits per heavy atom. The molecular weight excluding hydrogens is 348 g/mol. The summed E-state index contributed by atoms with van der Waals surface area (Å²) in [6.45, 7) is 4.30. The molecule has 4 nitrogen and oxygen atoms in total. The molecule has 0 radical (unpaired) electrons. The number of nitrogens with two attached hydrogens (primary N) is 1. The Labute approximate surface area is 157 Å². The van der Waals surface area contributed by atoms with Gasteiger partial charge in [0.05, 0.1) is 11.2 Å². The lowest BCUT2D eigenvalue weighted by atomic mass is 9.68. The minimum Gasteiger partial charge on any atom is -0.481 e. The van der Waals surface area contributed by atoms with E-state index in [-0.39, 0.29) is 12.3 Å². The molecule has 4 rings (SSSR count). The molecule has 2 unspecified atom stereocenters. The van der Waals surface area contributed by atoms with Crippen molar-refractivity contribution in [2.45, 2.75) is 38.0 Å². The smallest absolute Gasteiger partial charge is 0.303 e. The number of carboxylic acid groups (broad SMARTS) is 1. The summed E-state index contributed by atoms with van der Waals surface area (Å²) in [5.41, 5.74) is 12.5. The maximum absolute atomic E-state index is 10.8. The number of halogens is 1. The first-order valence-electron chi connectivity index (χ1n) is 8.93. The molecule has 1 aromatic carbocycles. The summed E-state index contributed by atoms with van der Waals surface area (Å²) in [6, 6.07) is 5.62. The molecule has 2 aliphatic carbocycles. The average Bonchev–Trinajstić information content (AvgIpc) is 2.59. The van der Waals surface area contributed by atoms with Crippen LogP contribution in [0, 0.1) is 5.92 Å². The molecule has 26 heavy (non-hydrogen) atoms. The van der Waals surface area contributed by atoms with Crippen LogP contribution in [0.4, 0.5) is 5.69 Å². The number of anilines is 1. The van der Waals surface area contributed by atoms with Gasteiger partial charge in [-0.3, -0.25) is 4.79 Å². The van der Waals surface area contributed by atoms with Crippen molar-refractivity contribution in [1.82, 2.24) is 4.98 Å². The third kappa shape index (κ3) is 2.88. The zero-order valence-corrected chi connectivity index (χ0v) is 15.2. The quantitative estimate of drug-likeness (QED) is 0.729. The van der Waals surface area contributed by atoms with E-state index in [0.717, 1.165) is 52.7 Å². The monoisotopic (exact) mass is 368 g/mol. The van der Waals surface area contributed by atoms with E-state index in [2.05, 4.69) is 12.7 Å². The zero-order chi connectivity index (χ0) is 18.4. The number of nitrogen functional groups attached to an aromatic ring is 1. The second-order valence-corrected chi connectivity index (χ2v) is 7.73. The minimum atomic E-state index is -0.741. The number of aromatic nitrogens is 1. The van der Waals surface area contributed by atoms with E-state index < -0.39 is 5.97 Å². The molecule has 2 atom stereocenters. The molecule has 134 valence electrons. The van der Waals surface area contributed by atoms with Gasteiger partial charge in [0.25, 0.3) is 0 Å². The highest BCUT2D eigenvalue weighted by Gasteiger charge is 2.35. The van der Waals surface area contributed by atoms with Crippen LogP contribution >= 0.6 is 11.6 Å². The fourth-order valence-corrected chi connectivity index (χ4v) is 4.52. The van der Waals surface area contributed by atoms with Crippen LogP contribution in [0.2, 0.25) is 5.02 Å². The number of nitrogens with zero attached hydrogens (tertiary/aromatic N) is 1. The molecule has 0 spiro atoms. The summed E-state index contributed by atoms with van der Waals surface area (Å²) < 4.78 is 0. The number of benzene rings is 1. The SMILES string of the molecule is C=C1c2nc3cc(Cl)ccc3c(N)c2C2CC(CCCC(=O)O)=CC1C2. The minimum absolute atomic E-state index is 0.208. The standard InChI is InChI=1S/C21H21ClN2O2/c1-11-13-7-12(3-2-4-18(25)26)8-14(9-13)19-20(23)16-6-5-15(22)10-17(16)24-21(11)19/h5-7,10,13-14H,1-4,8-9H2,(H2,23,24)(H,25,26). The Kier molecular flexibility index (Phi) is 4.23. The number of aliphatic carboxylic acids is 1. The topological polar surface area (TPSA) is 76.2 Å². The maximum Gasteiger partial charge on any atom is 0.303 e. The molecule has 2 bridgehead atoms. The van der Waals surface area contributed by atoms with Gasteiger partial charge < -0.3 is 10.8 Å². The van der Waals surface area contributed by atoms with Crippen molar-refractivity contribution in [3.8, 4) is 0 Å². The van der Waals surface area contributed by atoms with Crippen molar-refractivity contribution in [3.05, 3.63) is 52.7 Å². The number of carboxylic acids is 1. The summed E-state index contributed by atoms with van der Waals surface area (Å²) in [5, 5.41) is 10.4. The van der Waals surface area contributed by atoms with Crippen LogP contribution in [0.3, 0.4) is 0 Å². The second kappa shape index (κ2) is 6.44. The normalized spacial score (nSPS) is 21.4. The van der Waals surface area contributed by atoms with Gasteiger partial charge in [0.15, 0.2) is 0 Å². The first-order valence-corrected chi connectivity index (χ1v) is 9.31. The van der Waals surface area contributed by atoms with Gasteiger partial charge in [-0.15, -0.1) is 0 Å². The number of rotatable bonds is 4. The van der Waals surface area contributed by atoms with Crippen LogP contribution in [0.1, 0.15) is 49.3 Å². The Hall–Kier alpha value is -2.33. The molecule has 0 aliphatic heterocycles. The highest BCUT2D eigenvalue weighted by Crippen LogP contribution is 2.51. The van der Waals surface area contributed by atoms with Gasteiger partial charge >= 0.3 is 5.97 Å². The van der Waals surface area contributed by atoms with E-state index in [4.69, 9.17) is 27.4 Å². The Bertz CT molecular complexity index is 964. The third-order valence-corrected chi connectivity index (χ3v) is 5.80. The predicted molar refractivity (Wildman–Crippen MR) is 105 cm³/mol. The fourth-order valence-electron chi connectivity index (χ4n) is 4.35. The van der Waals surface area contributed by atoms with E-state index in [9.17, 15) is 4.79 Å². The van der Waals surface area contributed by atoms with Crippen molar-refractivity contribution in [2.24, 2.45) is 5.92 Å². The first kappa shape index (κ1) is 17.1. The fraction of sp³-hybridized carbons (Fsp3) is 0.333. The summed E-state index contributed by atoms with van der Waals surface area (Å²) in [7, 11) is 0. The van der Waals surface area contributed by atoms with Gasteiger partial charge in [0.1, 0.15) is 0 Å². The van der Waals surface area contributed by atoms with Crippen molar-refractivity contribution >= 4 is 39.7 Å². The van der Waals surface area contributed by atoms with Crippen LogP contribution in [0.5, 0.6) is 0 Å². The van der Waals surface area contributed by atoms with Gasteiger partial charge in [-0.05, 0) is 55.4 Å². The number of fused-ring (bicyclic) bond motifs is 5. The summed E-state index contributed by atoms with van der Waals surface area (Å²) in [5.74, 6) is -0.169. The molecule has 2 aliphatic rings. The molecular formula is C21H21ClN2O2. The lowest BCUT2D eigenvalue weighted by Crippen LogP contribution is -2.23. The van der Waals surface area contributed by atoms with Crippen molar-refractivity contribution in [1.29, 1.82) is 0 Å². The average molecular weight is 369 g/mol. The molecule has 0 fully saturated rings. The van der Waals surface area contributed by atoms with Gasteiger partial charge in [0, 0.05) is 34.0 Å². The van der Waals surface area contributed by atoms with Crippen molar-refractivity contribution in [3.63, 3.8) is 0 Å².